The largest absolute Gasteiger partial charge is 0.573 e. The van der Waals surface area contributed by atoms with Crippen molar-refractivity contribution in [2.45, 2.75) is 12.9 Å². The summed E-state index contributed by atoms with van der Waals surface area (Å²) < 4.78 is 53.0. The third-order valence-corrected chi connectivity index (χ3v) is 2.51. The predicted molar refractivity (Wildman–Crippen MR) is 66.9 cm³/mol. The van der Waals surface area contributed by atoms with Crippen molar-refractivity contribution in [3.8, 4) is 5.75 Å². The Kier molecular flexibility index (Phi) is 4.12. The first-order valence-corrected chi connectivity index (χ1v) is 5.77. The van der Waals surface area contributed by atoms with Crippen LogP contribution in [0.25, 0.3) is 0 Å². The van der Waals surface area contributed by atoms with Crippen LogP contribution in [0.15, 0.2) is 48.5 Å². The van der Waals surface area contributed by atoms with E-state index in [1.165, 1.54) is 30.3 Å². The molecule has 0 aliphatic heterocycles. The molecule has 106 valence electrons. The van der Waals surface area contributed by atoms with Crippen molar-refractivity contribution in [3.05, 3.63) is 59.9 Å². The number of anilines is 1. The van der Waals surface area contributed by atoms with Crippen LogP contribution in [-0.2, 0) is 6.54 Å². The molecule has 0 amide bonds. The normalized spacial score (nSPS) is 11.2. The molecular weight excluding hydrogens is 274 g/mol. The minimum Gasteiger partial charge on any atom is -0.406 e. The van der Waals surface area contributed by atoms with E-state index < -0.39 is 6.36 Å². The van der Waals surface area contributed by atoms with E-state index in [0.717, 1.165) is 0 Å². The molecule has 2 nitrogen and oxygen atoms in total. The lowest BCUT2D eigenvalue weighted by molar-refractivity contribution is -0.274. The molecule has 0 fully saturated rings. The first-order chi connectivity index (χ1) is 9.44. The zero-order chi connectivity index (χ0) is 14.6. The van der Waals surface area contributed by atoms with Gasteiger partial charge in [-0.05, 0) is 29.8 Å². The van der Waals surface area contributed by atoms with Crippen molar-refractivity contribution >= 4 is 5.69 Å². The van der Waals surface area contributed by atoms with Gasteiger partial charge in [-0.25, -0.2) is 4.39 Å². The Balaban J connectivity index is 1.96. The molecule has 0 bridgehead atoms. The van der Waals surface area contributed by atoms with Gasteiger partial charge in [0.1, 0.15) is 11.6 Å². The van der Waals surface area contributed by atoms with Gasteiger partial charge < -0.3 is 10.1 Å². The van der Waals surface area contributed by atoms with Crippen LogP contribution >= 0.6 is 0 Å². The quantitative estimate of drug-likeness (QED) is 0.844. The number of nitrogens with one attached hydrogen (secondary N) is 1. The molecule has 1 N–H and O–H groups in total. The van der Waals surface area contributed by atoms with Crippen LogP contribution in [0.3, 0.4) is 0 Å². The molecule has 0 atom stereocenters. The lowest BCUT2D eigenvalue weighted by Gasteiger charge is -2.10. The molecule has 2 rings (SSSR count). The van der Waals surface area contributed by atoms with Gasteiger partial charge >= 0.3 is 6.36 Å². The molecule has 0 spiro atoms. The lowest BCUT2D eigenvalue weighted by Crippen LogP contribution is -2.17. The van der Waals surface area contributed by atoms with E-state index in [9.17, 15) is 17.6 Å². The highest BCUT2D eigenvalue weighted by Gasteiger charge is 2.30. The van der Waals surface area contributed by atoms with Crippen LogP contribution in [0.5, 0.6) is 5.75 Å². The minimum atomic E-state index is -4.70. The fourth-order valence-corrected chi connectivity index (χ4v) is 1.61. The van der Waals surface area contributed by atoms with Crippen molar-refractivity contribution in [1.29, 1.82) is 0 Å². The van der Waals surface area contributed by atoms with Crippen molar-refractivity contribution in [2.75, 3.05) is 5.32 Å². The van der Waals surface area contributed by atoms with Gasteiger partial charge in [0.15, 0.2) is 0 Å². The average molecular weight is 285 g/mol. The summed E-state index contributed by atoms with van der Waals surface area (Å²) in [7, 11) is 0. The molecule has 2 aromatic carbocycles. The summed E-state index contributed by atoms with van der Waals surface area (Å²) in [6, 6.07) is 11.6. The van der Waals surface area contributed by atoms with E-state index in [1.807, 2.05) is 0 Å². The number of hydrogen-bond acceptors (Lipinski definition) is 2. The Bertz CT molecular complexity index is 566. The summed E-state index contributed by atoms with van der Waals surface area (Å²) in [6.07, 6.45) is -4.70. The van der Waals surface area contributed by atoms with Crippen molar-refractivity contribution < 1.29 is 22.3 Å². The van der Waals surface area contributed by atoms with E-state index >= 15 is 0 Å². The van der Waals surface area contributed by atoms with Crippen LogP contribution in [0.2, 0.25) is 0 Å². The summed E-state index contributed by atoms with van der Waals surface area (Å²) >= 11 is 0. The smallest absolute Gasteiger partial charge is 0.406 e. The molecule has 2 aromatic rings. The fourth-order valence-electron chi connectivity index (χ4n) is 1.61. The number of alkyl halides is 3. The molecule has 0 aliphatic carbocycles. The highest BCUT2D eigenvalue weighted by atomic mass is 19.4. The molecule has 0 aromatic heterocycles. The van der Waals surface area contributed by atoms with Gasteiger partial charge in [0.25, 0.3) is 0 Å². The molecule has 0 saturated heterocycles. The molecule has 20 heavy (non-hydrogen) atoms. The van der Waals surface area contributed by atoms with Gasteiger partial charge in [0.2, 0.25) is 0 Å². The highest BCUT2D eigenvalue weighted by molar-refractivity contribution is 5.45. The second-order valence-electron chi connectivity index (χ2n) is 4.03. The maximum absolute atomic E-state index is 13.3. The predicted octanol–water partition coefficient (Wildman–Crippen LogP) is 4.34. The molecule has 0 aliphatic rings. The monoisotopic (exact) mass is 285 g/mol. The number of para-hydroxylation sites is 1. The number of hydrogen-bond donors (Lipinski definition) is 1. The average Bonchev–Trinajstić information content (AvgIpc) is 2.38. The highest BCUT2D eigenvalue weighted by Crippen LogP contribution is 2.23. The second-order valence-corrected chi connectivity index (χ2v) is 4.03. The first kappa shape index (κ1) is 14.2. The Morgan fingerprint density at radius 1 is 0.950 bits per heavy atom. The Morgan fingerprint density at radius 3 is 2.20 bits per heavy atom. The summed E-state index contributed by atoms with van der Waals surface area (Å²) in [6.45, 7) is 0.299. The summed E-state index contributed by atoms with van der Waals surface area (Å²) in [5.41, 5.74) is 1.05. The van der Waals surface area contributed by atoms with Crippen LogP contribution in [0.4, 0.5) is 23.2 Å². The summed E-state index contributed by atoms with van der Waals surface area (Å²) in [4.78, 5) is 0. The van der Waals surface area contributed by atoms with E-state index in [2.05, 4.69) is 10.1 Å². The summed E-state index contributed by atoms with van der Waals surface area (Å²) in [5, 5.41) is 2.86. The van der Waals surface area contributed by atoms with E-state index in [1.54, 1.807) is 18.2 Å². The SMILES string of the molecule is Fc1ccccc1NCc1ccc(OC(F)(F)F)cc1. The van der Waals surface area contributed by atoms with E-state index in [4.69, 9.17) is 0 Å². The Labute approximate surface area is 113 Å². The Hall–Kier alpha value is -2.24. The zero-order valence-corrected chi connectivity index (χ0v) is 10.2. The number of rotatable bonds is 4. The molecule has 0 heterocycles. The van der Waals surface area contributed by atoms with E-state index in [-0.39, 0.29) is 11.6 Å². The Morgan fingerprint density at radius 2 is 1.60 bits per heavy atom. The van der Waals surface area contributed by atoms with Gasteiger partial charge in [-0.15, -0.1) is 13.2 Å². The maximum Gasteiger partial charge on any atom is 0.573 e. The molecule has 6 heteroatoms. The van der Waals surface area contributed by atoms with Crippen LogP contribution < -0.4 is 10.1 Å². The van der Waals surface area contributed by atoms with Crippen molar-refractivity contribution in [2.24, 2.45) is 0 Å². The lowest BCUT2D eigenvalue weighted by atomic mass is 10.2. The first-order valence-electron chi connectivity index (χ1n) is 5.77. The molecule has 0 unspecified atom stereocenters. The van der Waals surface area contributed by atoms with Crippen LogP contribution in [-0.4, -0.2) is 6.36 Å². The number of benzene rings is 2. The van der Waals surface area contributed by atoms with Crippen LogP contribution in [0.1, 0.15) is 5.56 Å². The topological polar surface area (TPSA) is 21.3 Å². The van der Waals surface area contributed by atoms with Gasteiger partial charge in [-0.1, -0.05) is 24.3 Å². The summed E-state index contributed by atoms with van der Waals surface area (Å²) in [5.74, 6) is -0.670. The standard InChI is InChI=1S/C14H11F4NO/c15-12-3-1-2-4-13(12)19-9-10-5-7-11(8-6-10)20-14(16,17)18/h1-8,19H,9H2. The molecule has 0 radical (unpaired) electrons. The van der Waals surface area contributed by atoms with Gasteiger partial charge in [0.05, 0.1) is 5.69 Å². The number of ether oxygens (including phenoxy) is 1. The second kappa shape index (κ2) is 5.81. The zero-order valence-electron chi connectivity index (χ0n) is 10.2. The third-order valence-electron chi connectivity index (χ3n) is 2.51. The molecular formula is C14H11F4NO. The minimum absolute atomic E-state index is 0.285. The number of halogens is 4. The van der Waals surface area contributed by atoms with E-state index in [0.29, 0.717) is 17.8 Å². The third kappa shape index (κ3) is 4.15. The fraction of sp³-hybridized carbons (Fsp3) is 0.143. The van der Waals surface area contributed by atoms with Crippen LogP contribution in [0, 0.1) is 5.82 Å². The molecule has 0 saturated carbocycles. The maximum atomic E-state index is 13.3. The van der Waals surface area contributed by atoms with Gasteiger partial charge in [0, 0.05) is 6.54 Å². The van der Waals surface area contributed by atoms with Gasteiger partial charge in [-0.2, -0.15) is 0 Å². The van der Waals surface area contributed by atoms with Crippen molar-refractivity contribution in [1.82, 2.24) is 0 Å². The van der Waals surface area contributed by atoms with Gasteiger partial charge in [-0.3, -0.25) is 0 Å². The van der Waals surface area contributed by atoms with Crippen molar-refractivity contribution in [3.63, 3.8) is 0 Å².